The maximum absolute atomic E-state index is 12.7. The molecule has 1 amide bonds. The lowest BCUT2D eigenvalue weighted by atomic mass is 10.1. The topological polar surface area (TPSA) is 72.7 Å². The summed E-state index contributed by atoms with van der Waals surface area (Å²) in [5, 5.41) is 11.7. The molecule has 25 heavy (non-hydrogen) atoms. The minimum absolute atomic E-state index is 0.0414. The van der Waals surface area contributed by atoms with Crippen molar-refractivity contribution in [2.45, 2.75) is 26.3 Å². The molecule has 2 heterocycles. The molecule has 3 rings (SSSR count). The molecule has 1 N–H and O–H groups in total. The van der Waals surface area contributed by atoms with Crippen LogP contribution in [0.15, 0.2) is 48.8 Å². The number of amides is 1. The normalized spacial score (nSPS) is 12.0. The Morgan fingerprint density at radius 1 is 1.28 bits per heavy atom. The summed E-state index contributed by atoms with van der Waals surface area (Å²) < 4.78 is 1.57. The summed E-state index contributed by atoms with van der Waals surface area (Å²) in [6.07, 6.45) is 4.17. The van der Waals surface area contributed by atoms with Gasteiger partial charge in [0.25, 0.3) is 5.91 Å². The highest BCUT2D eigenvalue weighted by Crippen LogP contribution is 2.28. The molecule has 7 heteroatoms. The second kappa shape index (κ2) is 7.44. The fraction of sp³-hybridized carbons (Fsp3) is 0.222. The van der Waals surface area contributed by atoms with Gasteiger partial charge < -0.3 is 5.32 Å². The number of pyridine rings is 1. The van der Waals surface area contributed by atoms with Crippen molar-refractivity contribution in [1.82, 2.24) is 25.3 Å². The molecule has 0 saturated carbocycles. The van der Waals surface area contributed by atoms with Gasteiger partial charge in [-0.05, 0) is 37.6 Å². The standard InChI is InChI=1S/C18H18ClN5O/c1-3-12(2)21-18(25)16-17(13-7-6-10-20-11-13)24(23-22-16)15-9-5-4-8-14(15)19/h4-12H,3H2,1-2H3,(H,21,25). The summed E-state index contributed by atoms with van der Waals surface area (Å²) in [7, 11) is 0. The van der Waals surface area contributed by atoms with Gasteiger partial charge in [-0.15, -0.1) is 5.10 Å². The van der Waals surface area contributed by atoms with Crippen LogP contribution >= 0.6 is 11.6 Å². The van der Waals surface area contributed by atoms with E-state index in [9.17, 15) is 4.79 Å². The molecule has 0 aliphatic carbocycles. The Labute approximate surface area is 150 Å². The first-order chi connectivity index (χ1) is 12.1. The Balaban J connectivity index is 2.15. The fourth-order valence-electron chi connectivity index (χ4n) is 2.38. The Hall–Kier alpha value is -2.73. The van der Waals surface area contributed by atoms with Crippen LogP contribution in [0.1, 0.15) is 30.8 Å². The van der Waals surface area contributed by atoms with Crippen molar-refractivity contribution in [3.8, 4) is 16.9 Å². The number of hydrogen-bond donors (Lipinski definition) is 1. The van der Waals surface area contributed by atoms with Crippen molar-refractivity contribution in [1.29, 1.82) is 0 Å². The summed E-state index contributed by atoms with van der Waals surface area (Å²) in [6, 6.07) is 11.0. The van der Waals surface area contributed by atoms with E-state index < -0.39 is 0 Å². The molecule has 0 bridgehead atoms. The van der Waals surface area contributed by atoms with Gasteiger partial charge in [-0.2, -0.15) is 0 Å². The number of nitrogens with one attached hydrogen (secondary N) is 1. The summed E-state index contributed by atoms with van der Waals surface area (Å²) in [5.74, 6) is -0.272. The smallest absolute Gasteiger partial charge is 0.274 e. The lowest BCUT2D eigenvalue weighted by Crippen LogP contribution is -2.32. The number of benzene rings is 1. The van der Waals surface area contributed by atoms with Crippen molar-refractivity contribution in [3.05, 3.63) is 59.5 Å². The molecule has 0 spiro atoms. The lowest BCUT2D eigenvalue weighted by molar-refractivity contribution is 0.0935. The number of para-hydroxylation sites is 1. The third-order valence-electron chi connectivity index (χ3n) is 3.89. The first kappa shape index (κ1) is 17.1. The molecule has 128 valence electrons. The Morgan fingerprint density at radius 3 is 2.76 bits per heavy atom. The number of carbonyl (C=O) groups excluding carboxylic acids is 1. The van der Waals surface area contributed by atoms with E-state index in [0.29, 0.717) is 16.4 Å². The number of hydrogen-bond acceptors (Lipinski definition) is 4. The van der Waals surface area contributed by atoms with Gasteiger partial charge in [0.1, 0.15) is 5.69 Å². The Bertz CT molecular complexity index is 878. The third-order valence-corrected chi connectivity index (χ3v) is 4.21. The highest BCUT2D eigenvalue weighted by Gasteiger charge is 2.23. The molecule has 1 unspecified atom stereocenters. The van der Waals surface area contributed by atoms with E-state index in [-0.39, 0.29) is 17.6 Å². The number of nitrogens with zero attached hydrogens (tertiary/aromatic N) is 4. The first-order valence-electron chi connectivity index (χ1n) is 8.03. The average molecular weight is 356 g/mol. The summed E-state index contributed by atoms with van der Waals surface area (Å²) in [6.45, 7) is 3.95. The largest absolute Gasteiger partial charge is 0.348 e. The molecule has 0 aliphatic heterocycles. The molecular weight excluding hydrogens is 338 g/mol. The average Bonchev–Trinajstić information content (AvgIpc) is 3.07. The summed E-state index contributed by atoms with van der Waals surface area (Å²) in [4.78, 5) is 16.8. The van der Waals surface area contributed by atoms with Crippen LogP contribution in [0.2, 0.25) is 5.02 Å². The van der Waals surface area contributed by atoms with Gasteiger partial charge >= 0.3 is 0 Å². The van der Waals surface area contributed by atoms with Gasteiger partial charge in [-0.3, -0.25) is 9.78 Å². The molecular formula is C18H18ClN5O. The number of rotatable bonds is 5. The van der Waals surface area contributed by atoms with E-state index in [1.165, 1.54) is 0 Å². The van der Waals surface area contributed by atoms with E-state index in [1.54, 1.807) is 29.2 Å². The highest BCUT2D eigenvalue weighted by atomic mass is 35.5. The molecule has 6 nitrogen and oxygen atoms in total. The minimum atomic E-state index is -0.272. The van der Waals surface area contributed by atoms with Crippen molar-refractivity contribution in [2.75, 3.05) is 0 Å². The number of carbonyl (C=O) groups is 1. The molecule has 1 atom stereocenters. The summed E-state index contributed by atoms with van der Waals surface area (Å²) >= 11 is 6.31. The van der Waals surface area contributed by atoms with Crippen molar-refractivity contribution in [2.24, 2.45) is 0 Å². The lowest BCUT2D eigenvalue weighted by Gasteiger charge is -2.12. The van der Waals surface area contributed by atoms with Crippen LogP contribution in [0.4, 0.5) is 0 Å². The molecule has 0 fully saturated rings. The molecule has 1 aromatic carbocycles. The van der Waals surface area contributed by atoms with Gasteiger partial charge in [0, 0.05) is 24.0 Å². The van der Waals surface area contributed by atoms with Crippen LogP contribution in [0.3, 0.4) is 0 Å². The molecule has 3 aromatic rings. The molecule has 0 aliphatic rings. The SMILES string of the molecule is CCC(C)NC(=O)c1nnn(-c2ccccc2Cl)c1-c1cccnc1. The monoisotopic (exact) mass is 355 g/mol. The van der Waals surface area contributed by atoms with Gasteiger partial charge in [-0.25, -0.2) is 4.68 Å². The van der Waals surface area contributed by atoms with Gasteiger partial charge in [-0.1, -0.05) is 35.9 Å². The zero-order chi connectivity index (χ0) is 17.8. The van der Waals surface area contributed by atoms with Crippen molar-refractivity contribution >= 4 is 17.5 Å². The van der Waals surface area contributed by atoms with Crippen molar-refractivity contribution < 1.29 is 4.79 Å². The minimum Gasteiger partial charge on any atom is -0.348 e. The Morgan fingerprint density at radius 2 is 2.08 bits per heavy atom. The van der Waals surface area contributed by atoms with E-state index in [4.69, 9.17) is 11.6 Å². The van der Waals surface area contributed by atoms with Crippen molar-refractivity contribution in [3.63, 3.8) is 0 Å². The molecule has 2 aromatic heterocycles. The Kier molecular flexibility index (Phi) is 5.09. The molecule has 0 saturated heterocycles. The summed E-state index contributed by atoms with van der Waals surface area (Å²) in [5.41, 5.74) is 2.19. The van der Waals surface area contributed by atoms with Gasteiger partial charge in [0.15, 0.2) is 5.69 Å². The fourth-order valence-corrected chi connectivity index (χ4v) is 2.60. The zero-order valence-electron chi connectivity index (χ0n) is 14.0. The predicted octanol–water partition coefficient (Wildman–Crippen LogP) is 3.51. The van der Waals surface area contributed by atoms with Gasteiger partial charge in [0.05, 0.1) is 10.7 Å². The van der Waals surface area contributed by atoms with E-state index in [1.807, 2.05) is 38.1 Å². The van der Waals surface area contributed by atoms with Gasteiger partial charge in [0.2, 0.25) is 0 Å². The molecule has 0 radical (unpaired) electrons. The van der Waals surface area contributed by atoms with E-state index in [2.05, 4.69) is 20.6 Å². The van der Waals surface area contributed by atoms with E-state index >= 15 is 0 Å². The zero-order valence-corrected chi connectivity index (χ0v) is 14.7. The maximum Gasteiger partial charge on any atom is 0.274 e. The first-order valence-corrected chi connectivity index (χ1v) is 8.41. The quantitative estimate of drug-likeness (QED) is 0.760. The third kappa shape index (κ3) is 3.53. The van der Waals surface area contributed by atoms with Crippen LogP contribution in [-0.4, -0.2) is 31.9 Å². The van der Waals surface area contributed by atoms with Crippen LogP contribution < -0.4 is 5.32 Å². The van der Waals surface area contributed by atoms with Crippen LogP contribution in [0.5, 0.6) is 0 Å². The van der Waals surface area contributed by atoms with Crippen LogP contribution in [-0.2, 0) is 0 Å². The van der Waals surface area contributed by atoms with E-state index in [0.717, 1.165) is 12.0 Å². The number of halogens is 1. The second-order valence-corrected chi connectivity index (χ2v) is 6.08. The van der Waals surface area contributed by atoms with Crippen LogP contribution in [0.25, 0.3) is 16.9 Å². The second-order valence-electron chi connectivity index (χ2n) is 5.67. The number of aromatic nitrogens is 4. The van der Waals surface area contributed by atoms with Crippen LogP contribution in [0, 0.1) is 0 Å². The predicted molar refractivity (Wildman–Crippen MR) is 96.8 cm³/mol. The highest BCUT2D eigenvalue weighted by molar-refractivity contribution is 6.32. The maximum atomic E-state index is 12.7.